The van der Waals surface area contributed by atoms with E-state index in [4.69, 9.17) is 16.3 Å². The van der Waals surface area contributed by atoms with Crippen molar-refractivity contribution in [2.45, 2.75) is 26.7 Å². The van der Waals surface area contributed by atoms with Gasteiger partial charge in [-0.05, 0) is 30.0 Å². The van der Waals surface area contributed by atoms with Gasteiger partial charge < -0.3 is 10.1 Å². The minimum atomic E-state index is -0.425. The first-order valence-electron chi connectivity index (χ1n) is 6.64. The third-order valence-electron chi connectivity index (χ3n) is 2.67. The first-order valence-corrected chi connectivity index (χ1v) is 7.02. The average Bonchev–Trinajstić information content (AvgIpc) is 2.39. The number of halogens is 1. The van der Waals surface area contributed by atoms with Crippen LogP contribution in [-0.4, -0.2) is 25.0 Å². The largest absolute Gasteiger partial charge is 0.455 e. The molecule has 0 aromatic heterocycles. The molecule has 0 saturated carbocycles. The standard InChI is InChI=1S/C15H20ClNO3/c1-11(2)7-8-17-14(18)10-20-15(19)9-12-3-5-13(16)6-4-12/h3-6,11H,7-10H2,1-2H3,(H,17,18). The smallest absolute Gasteiger partial charge is 0.310 e. The number of hydrogen-bond acceptors (Lipinski definition) is 3. The van der Waals surface area contributed by atoms with Crippen LogP contribution in [0, 0.1) is 5.92 Å². The van der Waals surface area contributed by atoms with Gasteiger partial charge in [-0.1, -0.05) is 37.6 Å². The number of rotatable bonds is 7. The Morgan fingerprint density at radius 1 is 1.25 bits per heavy atom. The van der Waals surface area contributed by atoms with Crippen LogP contribution in [0.4, 0.5) is 0 Å². The van der Waals surface area contributed by atoms with E-state index in [0.29, 0.717) is 17.5 Å². The van der Waals surface area contributed by atoms with Gasteiger partial charge in [0, 0.05) is 11.6 Å². The molecular formula is C15H20ClNO3. The summed E-state index contributed by atoms with van der Waals surface area (Å²) in [5, 5.41) is 3.32. The number of carbonyl (C=O) groups is 2. The molecule has 0 radical (unpaired) electrons. The highest BCUT2D eigenvalue weighted by Gasteiger charge is 2.08. The molecule has 0 spiro atoms. The predicted octanol–water partition coefficient (Wildman–Crippen LogP) is 2.59. The van der Waals surface area contributed by atoms with Crippen LogP contribution in [0.3, 0.4) is 0 Å². The van der Waals surface area contributed by atoms with Gasteiger partial charge in [0.25, 0.3) is 5.91 Å². The minimum absolute atomic E-state index is 0.135. The summed E-state index contributed by atoms with van der Waals surface area (Å²) in [6, 6.07) is 6.93. The molecule has 110 valence electrons. The highest BCUT2D eigenvalue weighted by Crippen LogP contribution is 2.10. The molecule has 1 N–H and O–H groups in total. The molecule has 0 unspecified atom stereocenters. The maximum Gasteiger partial charge on any atom is 0.310 e. The maximum absolute atomic E-state index is 11.5. The van der Waals surface area contributed by atoms with Crippen molar-refractivity contribution >= 4 is 23.5 Å². The molecule has 0 aliphatic carbocycles. The van der Waals surface area contributed by atoms with Crippen molar-refractivity contribution in [3.8, 4) is 0 Å². The van der Waals surface area contributed by atoms with Crippen molar-refractivity contribution in [3.05, 3.63) is 34.9 Å². The second-order valence-electron chi connectivity index (χ2n) is 5.00. The number of hydrogen-bond donors (Lipinski definition) is 1. The van der Waals surface area contributed by atoms with Crippen LogP contribution in [0.1, 0.15) is 25.8 Å². The van der Waals surface area contributed by atoms with Crippen molar-refractivity contribution < 1.29 is 14.3 Å². The molecular weight excluding hydrogens is 278 g/mol. The lowest BCUT2D eigenvalue weighted by Gasteiger charge is -2.08. The summed E-state index contributed by atoms with van der Waals surface area (Å²) in [6.07, 6.45) is 1.04. The summed E-state index contributed by atoms with van der Waals surface area (Å²) >= 11 is 5.75. The van der Waals surface area contributed by atoms with E-state index in [2.05, 4.69) is 19.2 Å². The molecule has 5 heteroatoms. The first kappa shape index (κ1) is 16.5. The molecule has 1 aromatic rings. The van der Waals surface area contributed by atoms with Gasteiger partial charge in [-0.2, -0.15) is 0 Å². The third-order valence-corrected chi connectivity index (χ3v) is 2.92. The second-order valence-corrected chi connectivity index (χ2v) is 5.43. The van der Waals surface area contributed by atoms with Crippen molar-refractivity contribution in [1.82, 2.24) is 5.32 Å². The topological polar surface area (TPSA) is 55.4 Å². The van der Waals surface area contributed by atoms with Crippen LogP contribution in [-0.2, 0) is 20.7 Å². The molecule has 1 rings (SSSR count). The van der Waals surface area contributed by atoms with E-state index in [1.165, 1.54) is 0 Å². The van der Waals surface area contributed by atoms with Gasteiger partial charge >= 0.3 is 5.97 Å². The Hall–Kier alpha value is -1.55. The number of nitrogens with one attached hydrogen (secondary N) is 1. The lowest BCUT2D eigenvalue weighted by molar-refractivity contribution is -0.147. The predicted molar refractivity (Wildman–Crippen MR) is 78.6 cm³/mol. The molecule has 4 nitrogen and oxygen atoms in total. The summed E-state index contributed by atoms with van der Waals surface area (Å²) in [6.45, 7) is 4.53. The summed E-state index contributed by atoms with van der Waals surface area (Å²) < 4.78 is 4.91. The van der Waals surface area contributed by atoms with Gasteiger partial charge in [0.1, 0.15) is 0 Å². The van der Waals surface area contributed by atoms with Crippen molar-refractivity contribution in [1.29, 1.82) is 0 Å². The second kappa shape index (κ2) is 8.59. The number of benzene rings is 1. The van der Waals surface area contributed by atoms with Crippen molar-refractivity contribution in [3.63, 3.8) is 0 Å². The zero-order chi connectivity index (χ0) is 15.0. The molecule has 0 fully saturated rings. The number of amides is 1. The molecule has 0 atom stereocenters. The quantitative estimate of drug-likeness (QED) is 0.787. The van der Waals surface area contributed by atoms with E-state index in [1.54, 1.807) is 24.3 Å². The highest BCUT2D eigenvalue weighted by atomic mass is 35.5. The van der Waals surface area contributed by atoms with E-state index in [-0.39, 0.29) is 18.9 Å². The van der Waals surface area contributed by atoms with Crippen LogP contribution >= 0.6 is 11.6 Å². The van der Waals surface area contributed by atoms with Crippen LogP contribution in [0.15, 0.2) is 24.3 Å². The van der Waals surface area contributed by atoms with Gasteiger partial charge in [-0.15, -0.1) is 0 Å². The van der Waals surface area contributed by atoms with Crippen LogP contribution in [0.5, 0.6) is 0 Å². The Morgan fingerprint density at radius 3 is 2.50 bits per heavy atom. The molecule has 0 aliphatic heterocycles. The van der Waals surface area contributed by atoms with Gasteiger partial charge in [0.2, 0.25) is 0 Å². The molecule has 1 aromatic carbocycles. The van der Waals surface area contributed by atoms with Crippen LogP contribution in [0.25, 0.3) is 0 Å². The lowest BCUT2D eigenvalue weighted by Crippen LogP contribution is -2.30. The summed E-state index contributed by atoms with van der Waals surface area (Å²) in [5.74, 6) is -0.163. The average molecular weight is 298 g/mol. The SMILES string of the molecule is CC(C)CCNC(=O)COC(=O)Cc1ccc(Cl)cc1. The van der Waals surface area contributed by atoms with E-state index in [0.717, 1.165) is 12.0 Å². The molecule has 0 heterocycles. The molecule has 1 amide bonds. The van der Waals surface area contributed by atoms with Gasteiger partial charge in [-0.3, -0.25) is 9.59 Å². The Kier molecular flexibility index (Phi) is 7.09. The zero-order valence-corrected chi connectivity index (χ0v) is 12.6. The number of esters is 1. The lowest BCUT2D eigenvalue weighted by atomic mass is 10.1. The maximum atomic E-state index is 11.5. The Morgan fingerprint density at radius 2 is 1.90 bits per heavy atom. The number of carbonyl (C=O) groups excluding carboxylic acids is 2. The Labute approximate surface area is 124 Å². The van der Waals surface area contributed by atoms with Crippen molar-refractivity contribution in [2.75, 3.05) is 13.2 Å². The van der Waals surface area contributed by atoms with Crippen molar-refractivity contribution in [2.24, 2.45) is 5.92 Å². The van der Waals surface area contributed by atoms with E-state index >= 15 is 0 Å². The fourth-order valence-electron chi connectivity index (χ4n) is 1.52. The molecule has 0 bridgehead atoms. The monoisotopic (exact) mass is 297 g/mol. The minimum Gasteiger partial charge on any atom is -0.455 e. The van der Waals surface area contributed by atoms with E-state index < -0.39 is 5.97 Å². The Balaban J connectivity index is 2.22. The fourth-order valence-corrected chi connectivity index (χ4v) is 1.64. The zero-order valence-electron chi connectivity index (χ0n) is 11.8. The van der Waals surface area contributed by atoms with E-state index in [9.17, 15) is 9.59 Å². The summed E-state index contributed by atoms with van der Waals surface area (Å²) in [4.78, 5) is 23.0. The molecule has 20 heavy (non-hydrogen) atoms. The number of ether oxygens (including phenoxy) is 1. The van der Waals surface area contributed by atoms with Crippen LogP contribution in [0.2, 0.25) is 5.02 Å². The normalized spacial score (nSPS) is 10.4. The Bertz CT molecular complexity index is 443. The van der Waals surface area contributed by atoms with Crippen LogP contribution < -0.4 is 5.32 Å². The van der Waals surface area contributed by atoms with Gasteiger partial charge in [-0.25, -0.2) is 0 Å². The van der Waals surface area contributed by atoms with Gasteiger partial charge in [0.15, 0.2) is 6.61 Å². The fraction of sp³-hybridized carbons (Fsp3) is 0.467. The first-order chi connectivity index (χ1) is 9.47. The summed E-state index contributed by atoms with van der Waals surface area (Å²) in [7, 11) is 0. The summed E-state index contributed by atoms with van der Waals surface area (Å²) in [5.41, 5.74) is 0.805. The van der Waals surface area contributed by atoms with Gasteiger partial charge in [0.05, 0.1) is 6.42 Å². The third kappa shape index (κ3) is 7.14. The van der Waals surface area contributed by atoms with E-state index in [1.807, 2.05) is 0 Å². The molecule has 0 aliphatic rings. The highest BCUT2D eigenvalue weighted by molar-refractivity contribution is 6.30. The molecule has 0 saturated heterocycles.